The Labute approximate surface area is 132 Å². The summed E-state index contributed by atoms with van der Waals surface area (Å²) in [4.78, 5) is 16.8. The Morgan fingerprint density at radius 2 is 1.86 bits per heavy atom. The molecule has 1 amide bonds. The predicted molar refractivity (Wildman–Crippen MR) is 92.1 cm³/mol. The van der Waals surface area contributed by atoms with E-state index in [1.165, 1.54) is 18.5 Å². The Kier molecular flexibility index (Phi) is 6.43. The molecule has 1 heterocycles. The topological polar surface area (TPSA) is 23.6 Å². The number of rotatable bonds is 6. The van der Waals surface area contributed by atoms with Crippen molar-refractivity contribution in [3.8, 4) is 0 Å². The number of benzene rings is 1. The number of piperazine rings is 1. The summed E-state index contributed by atoms with van der Waals surface area (Å²) in [6, 6.07) is 10.5. The highest BCUT2D eigenvalue weighted by Gasteiger charge is 2.24. The lowest BCUT2D eigenvalue weighted by atomic mass is 10.2. The van der Waals surface area contributed by atoms with Gasteiger partial charge in [0.25, 0.3) is 0 Å². The molecule has 1 fully saturated rings. The molecule has 4 heteroatoms. The lowest BCUT2D eigenvalue weighted by Crippen LogP contribution is -2.50. The van der Waals surface area contributed by atoms with Crippen molar-refractivity contribution in [1.82, 2.24) is 4.90 Å². The number of carbonyl (C=O) groups excluding carboxylic acids is 1. The zero-order valence-corrected chi connectivity index (χ0v) is 13.9. The number of anilines is 1. The number of hydrogen-bond donors (Lipinski definition) is 0. The Bertz CT molecular complexity index is 430. The van der Waals surface area contributed by atoms with Crippen LogP contribution in [0.2, 0.25) is 0 Å². The fourth-order valence-electron chi connectivity index (χ4n) is 2.56. The van der Waals surface area contributed by atoms with Crippen LogP contribution < -0.4 is 4.90 Å². The number of nitrogens with zero attached hydrogens (tertiary/aromatic N) is 2. The maximum atomic E-state index is 12.4. The maximum absolute atomic E-state index is 12.4. The van der Waals surface area contributed by atoms with E-state index in [4.69, 9.17) is 0 Å². The lowest BCUT2D eigenvalue weighted by Gasteiger charge is -2.37. The van der Waals surface area contributed by atoms with E-state index in [0.29, 0.717) is 5.91 Å². The first-order chi connectivity index (χ1) is 10.2. The van der Waals surface area contributed by atoms with Gasteiger partial charge in [0.2, 0.25) is 5.91 Å². The van der Waals surface area contributed by atoms with Gasteiger partial charge in [-0.1, -0.05) is 31.5 Å². The molecule has 2 rings (SSSR count). The molecule has 1 aliphatic heterocycles. The molecular weight excluding hydrogens is 280 g/mol. The van der Waals surface area contributed by atoms with E-state index in [2.05, 4.69) is 36.1 Å². The second-order valence-corrected chi connectivity index (χ2v) is 6.96. The average Bonchev–Trinajstić information content (AvgIpc) is 2.55. The molecule has 0 aromatic heterocycles. The van der Waals surface area contributed by atoms with Gasteiger partial charge in [0.15, 0.2) is 0 Å². The third kappa shape index (κ3) is 4.67. The molecule has 1 atom stereocenters. The van der Waals surface area contributed by atoms with Gasteiger partial charge in [-0.25, -0.2) is 0 Å². The van der Waals surface area contributed by atoms with Crippen molar-refractivity contribution in [1.29, 1.82) is 0 Å². The van der Waals surface area contributed by atoms with E-state index in [-0.39, 0.29) is 5.25 Å². The van der Waals surface area contributed by atoms with Gasteiger partial charge in [0.05, 0.1) is 5.25 Å². The summed E-state index contributed by atoms with van der Waals surface area (Å²) >= 11 is 1.80. The summed E-state index contributed by atoms with van der Waals surface area (Å²) < 4.78 is 0. The second kappa shape index (κ2) is 8.32. The van der Waals surface area contributed by atoms with Crippen LogP contribution in [-0.4, -0.2) is 48.0 Å². The fourth-order valence-corrected chi connectivity index (χ4v) is 3.66. The summed E-state index contributed by atoms with van der Waals surface area (Å²) in [5.74, 6) is 1.40. The molecule has 21 heavy (non-hydrogen) atoms. The summed E-state index contributed by atoms with van der Waals surface area (Å²) in [6.07, 6.45) is 2.40. The van der Waals surface area contributed by atoms with Crippen LogP contribution in [0.5, 0.6) is 0 Å². The standard InChI is InChI=1S/C17H26N2OS/c1-3-4-14-21-15(2)17(20)19-12-10-18(11-13-19)16-8-6-5-7-9-16/h5-9,15H,3-4,10-14H2,1-2H3. The highest BCUT2D eigenvalue weighted by Crippen LogP contribution is 2.19. The monoisotopic (exact) mass is 306 g/mol. The third-order valence-electron chi connectivity index (χ3n) is 3.93. The van der Waals surface area contributed by atoms with Gasteiger partial charge >= 0.3 is 0 Å². The molecule has 116 valence electrons. The zero-order chi connectivity index (χ0) is 15.1. The SMILES string of the molecule is CCCCSC(C)C(=O)N1CCN(c2ccccc2)CC1. The summed E-state index contributed by atoms with van der Waals surface area (Å²) in [5, 5.41) is 0.0971. The van der Waals surface area contributed by atoms with Crippen molar-refractivity contribution >= 4 is 23.4 Å². The van der Waals surface area contributed by atoms with E-state index in [0.717, 1.165) is 31.9 Å². The molecule has 3 nitrogen and oxygen atoms in total. The van der Waals surface area contributed by atoms with Crippen LogP contribution in [0.4, 0.5) is 5.69 Å². The molecule has 1 saturated heterocycles. The molecule has 1 aromatic rings. The van der Waals surface area contributed by atoms with E-state index in [1.807, 2.05) is 17.9 Å². The summed E-state index contributed by atoms with van der Waals surface area (Å²) in [7, 11) is 0. The maximum Gasteiger partial charge on any atom is 0.235 e. The van der Waals surface area contributed by atoms with Crippen LogP contribution in [0.1, 0.15) is 26.7 Å². The molecule has 0 bridgehead atoms. The van der Waals surface area contributed by atoms with Gasteiger partial charge in [-0.3, -0.25) is 4.79 Å². The van der Waals surface area contributed by atoms with Crippen molar-refractivity contribution in [2.75, 3.05) is 36.8 Å². The Balaban J connectivity index is 1.79. The van der Waals surface area contributed by atoms with Gasteiger partial charge in [-0.2, -0.15) is 0 Å². The molecule has 0 aliphatic carbocycles. The van der Waals surface area contributed by atoms with Crippen LogP contribution in [0.3, 0.4) is 0 Å². The van der Waals surface area contributed by atoms with Crippen LogP contribution in [0.25, 0.3) is 0 Å². The Hall–Kier alpha value is -1.16. The lowest BCUT2D eigenvalue weighted by molar-refractivity contribution is -0.130. The normalized spacial score (nSPS) is 16.9. The first-order valence-electron chi connectivity index (χ1n) is 7.92. The van der Waals surface area contributed by atoms with Gasteiger partial charge in [-0.05, 0) is 31.2 Å². The largest absolute Gasteiger partial charge is 0.368 e. The number of carbonyl (C=O) groups is 1. The number of thioether (sulfide) groups is 1. The number of para-hydroxylation sites is 1. The minimum Gasteiger partial charge on any atom is -0.368 e. The van der Waals surface area contributed by atoms with E-state index >= 15 is 0 Å². The molecule has 1 unspecified atom stereocenters. The molecule has 1 aromatic carbocycles. The highest BCUT2D eigenvalue weighted by molar-refractivity contribution is 8.00. The smallest absolute Gasteiger partial charge is 0.235 e. The average molecular weight is 306 g/mol. The Morgan fingerprint density at radius 3 is 2.48 bits per heavy atom. The van der Waals surface area contributed by atoms with Crippen molar-refractivity contribution < 1.29 is 4.79 Å². The third-order valence-corrected chi connectivity index (χ3v) is 5.15. The van der Waals surface area contributed by atoms with Gasteiger partial charge < -0.3 is 9.80 Å². The Morgan fingerprint density at radius 1 is 1.19 bits per heavy atom. The number of amides is 1. The minimum absolute atomic E-state index is 0.0971. The van der Waals surface area contributed by atoms with Crippen LogP contribution in [0.15, 0.2) is 30.3 Å². The van der Waals surface area contributed by atoms with Crippen molar-refractivity contribution in [2.45, 2.75) is 31.9 Å². The second-order valence-electron chi connectivity index (χ2n) is 5.51. The summed E-state index contributed by atoms with van der Waals surface area (Å²) in [5.41, 5.74) is 1.26. The molecule has 1 aliphatic rings. The zero-order valence-electron chi connectivity index (χ0n) is 13.1. The molecule has 0 saturated carbocycles. The van der Waals surface area contributed by atoms with Gasteiger partial charge in [0, 0.05) is 31.9 Å². The van der Waals surface area contributed by atoms with E-state index < -0.39 is 0 Å². The number of hydrogen-bond acceptors (Lipinski definition) is 3. The molecule has 0 N–H and O–H groups in total. The fraction of sp³-hybridized carbons (Fsp3) is 0.588. The van der Waals surface area contributed by atoms with Crippen molar-refractivity contribution in [3.05, 3.63) is 30.3 Å². The first kappa shape index (κ1) is 16.2. The van der Waals surface area contributed by atoms with Gasteiger partial charge in [-0.15, -0.1) is 11.8 Å². The number of unbranched alkanes of at least 4 members (excludes halogenated alkanes) is 1. The van der Waals surface area contributed by atoms with Crippen LogP contribution in [-0.2, 0) is 4.79 Å². The quantitative estimate of drug-likeness (QED) is 0.754. The molecule has 0 radical (unpaired) electrons. The highest BCUT2D eigenvalue weighted by atomic mass is 32.2. The van der Waals surface area contributed by atoms with Crippen LogP contribution >= 0.6 is 11.8 Å². The van der Waals surface area contributed by atoms with E-state index in [9.17, 15) is 4.79 Å². The van der Waals surface area contributed by atoms with Gasteiger partial charge in [0.1, 0.15) is 0 Å². The minimum atomic E-state index is 0.0971. The molecule has 0 spiro atoms. The van der Waals surface area contributed by atoms with Crippen LogP contribution in [0, 0.1) is 0 Å². The van der Waals surface area contributed by atoms with Crippen molar-refractivity contribution in [2.24, 2.45) is 0 Å². The molecular formula is C17H26N2OS. The first-order valence-corrected chi connectivity index (χ1v) is 8.97. The predicted octanol–water partition coefficient (Wildman–Crippen LogP) is 3.26. The van der Waals surface area contributed by atoms with E-state index in [1.54, 1.807) is 11.8 Å². The summed E-state index contributed by atoms with van der Waals surface area (Å²) in [6.45, 7) is 7.78. The van der Waals surface area contributed by atoms with Crippen molar-refractivity contribution in [3.63, 3.8) is 0 Å².